The SMILES string of the molecule is CCOC(=O)c1ccc(NC(=O)C2CC2C(=O)Nc2ccccc2OCC)cc1. The molecule has 2 N–H and O–H groups in total. The zero-order valence-electron chi connectivity index (χ0n) is 16.4. The number of hydrogen-bond acceptors (Lipinski definition) is 5. The molecule has 0 spiro atoms. The first-order chi connectivity index (χ1) is 14.0. The van der Waals surface area contributed by atoms with Crippen LogP contribution in [0.3, 0.4) is 0 Å². The molecule has 2 aromatic rings. The predicted octanol–water partition coefficient (Wildman–Crippen LogP) is 3.48. The first-order valence-corrected chi connectivity index (χ1v) is 9.64. The molecule has 2 aromatic carbocycles. The summed E-state index contributed by atoms with van der Waals surface area (Å²) in [6.07, 6.45) is 0.495. The molecule has 0 bridgehead atoms. The van der Waals surface area contributed by atoms with E-state index in [9.17, 15) is 14.4 Å². The van der Waals surface area contributed by atoms with Gasteiger partial charge < -0.3 is 20.1 Å². The van der Waals surface area contributed by atoms with E-state index in [-0.39, 0.29) is 23.7 Å². The van der Waals surface area contributed by atoms with E-state index >= 15 is 0 Å². The largest absolute Gasteiger partial charge is 0.492 e. The van der Waals surface area contributed by atoms with Crippen molar-refractivity contribution >= 4 is 29.2 Å². The van der Waals surface area contributed by atoms with Crippen LogP contribution in [0.1, 0.15) is 30.6 Å². The Balaban J connectivity index is 1.54. The van der Waals surface area contributed by atoms with Crippen LogP contribution in [0, 0.1) is 11.8 Å². The van der Waals surface area contributed by atoms with Gasteiger partial charge in [0.1, 0.15) is 5.75 Å². The van der Waals surface area contributed by atoms with Gasteiger partial charge in [-0.25, -0.2) is 4.79 Å². The fourth-order valence-corrected chi connectivity index (χ4v) is 2.99. The molecule has 29 heavy (non-hydrogen) atoms. The van der Waals surface area contributed by atoms with Crippen LogP contribution < -0.4 is 15.4 Å². The van der Waals surface area contributed by atoms with E-state index in [1.54, 1.807) is 43.3 Å². The highest BCUT2D eigenvalue weighted by molar-refractivity contribution is 6.03. The van der Waals surface area contributed by atoms with Gasteiger partial charge in [-0.05, 0) is 56.7 Å². The minimum absolute atomic E-state index is 0.199. The van der Waals surface area contributed by atoms with Crippen LogP contribution in [0.4, 0.5) is 11.4 Å². The van der Waals surface area contributed by atoms with E-state index in [2.05, 4.69) is 10.6 Å². The summed E-state index contributed by atoms with van der Waals surface area (Å²) in [4.78, 5) is 36.6. The highest BCUT2D eigenvalue weighted by Crippen LogP contribution is 2.40. The van der Waals surface area contributed by atoms with Gasteiger partial charge in [0.05, 0.1) is 36.3 Å². The zero-order valence-corrected chi connectivity index (χ0v) is 16.4. The first kappa shape index (κ1) is 20.4. The summed E-state index contributed by atoms with van der Waals surface area (Å²) in [5.41, 5.74) is 1.58. The number of para-hydroxylation sites is 2. The second-order valence-electron chi connectivity index (χ2n) is 6.65. The lowest BCUT2D eigenvalue weighted by atomic mass is 10.2. The van der Waals surface area contributed by atoms with Crippen molar-refractivity contribution in [2.45, 2.75) is 20.3 Å². The molecule has 0 aromatic heterocycles. The number of esters is 1. The number of rotatable bonds is 8. The van der Waals surface area contributed by atoms with Crippen LogP contribution in [0.25, 0.3) is 0 Å². The fraction of sp³-hybridized carbons (Fsp3) is 0.318. The smallest absolute Gasteiger partial charge is 0.338 e. The summed E-state index contributed by atoms with van der Waals surface area (Å²) in [7, 11) is 0. The Morgan fingerprint density at radius 1 is 0.897 bits per heavy atom. The minimum atomic E-state index is -0.406. The van der Waals surface area contributed by atoms with Crippen molar-refractivity contribution in [3.8, 4) is 5.75 Å². The number of carbonyl (C=O) groups is 3. The van der Waals surface area contributed by atoms with Gasteiger partial charge in [0.2, 0.25) is 11.8 Å². The van der Waals surface area contributed by atoms with E-state index < -0.39 is 5.97 Å². The molecule has 0 heterocycles. The third-order valence-corrected chi connectivity index (χ3v) is 4.57. The van der Waals surface area contributed by atoms with Gasteiger partial charge in [0.25, 0.3) is 0 Å². The van der Waals surface area contributed by atoms with E-state index in [4.69, 9.17) is 9.47 Å². The zero-order chi connectivity index (χ0) is 20.8. The van der Waals surface area contributed by atoms with Crippen LogP contribution in [0.2, 0.25) is 0 Å². The van der Waals surface area contributed by atoms with Crippen molar-refractivity contribution in [1.29, 1.82) is 0 Å². The summed E-state index contributed by atoms with van der Waals surface area (Å²) < 4.78 is 10.4. The molecule has 0 saturated heterocycles. The molecule has 0 aliphatic heterocycles. The summed E-state index contributed by atoms with van der Waals surface area (Å²) in [6.45, 7) is 4.41. The molecule has 7 nitrogen and oxygen atoms in total. The summed E-state index contributed by atoms with van der Waals surface area (Å²) >= 11 is 0. The monoisotopic (exact) mass is 396 g/mol. The Bertz CT molecular complexity index is 894. The van der Waals surface area contributed by atoms with Crippen LogP contribution in [-0.2, 0) is 14.3 Å². The summed E-state index contributed by atoms with van der Waals surface area (Å²) in [5.74, 6) is -0.965. The van der Waals surface area contributed by atoms with E-state index in [1.807, 2.05) is 19.1 Å². The second kappa shape index (κ2) is 9.23. The topological polar surface area (TPSA) is 93.7 Å². The Morgan fingerprint density at radius 3 is 2.21 bits per heavy atom. The normalized spacial score (nSPS) is 17.2. The van der Waals surface area contributed by atoms with Crippen molar-refractivity contribution in [2.24, 2.45) is 11.8 Å². The molecule has 2 unspecified atom stereocenters. The molecular formula is C22H24N2O5. The average molecular weight is 396 g/mol. The van der Waals surface area contributed by atoms with E-state index in [0.29, 0.717) is 42.3 Å². The molecule has 1 aliphatic rings. The van der Waals surface area contributed by atoms with Crippen molar-refractivity contribution in [3.05, 3.63) is 54.1 Å². The molecule has 1 fully saturated rings. The molecule has 2 amide bonds. The first-order valence-electron chi connectivity index (χ1n) is 9.64. The lowest BCUT2D eigenvalue weighted by molar-refractivity contribution is -0.122. The Labute approximate surface area is 169 Å². The second-order valence-corrected chi connectivity index (χ2v) is 6.65. The molecule has 1 saturated carbocycles. The van der Waals surface area contributed by atoms with Gasteiger partial charge >= 0.3 is 5.97 Å². The van der Waals surface area contributed by atoms with Crippen molar-refractivity contribution in [3.63, 3.8) is 0 Å². The lowest BCUT2D eigenvalue weighted by Gasteiger charge is -2.11. The van der Waals surface area contributed by atoms with Gasteiger partial charge in [-0.2, -0.15) is 0 Å². The quantitative estimate of drug-likeness (QED) is 0.667. The Kier molecular flexibility index (Phi) is 6.49. The van der Waals surface area contributed by atoms with Crippen molar-refractivity contribution in [2.75, 3.05) is 23.8 Å². The number of nitrogens with one attached hydrogen (secondary N) is 2. The fourth-order valence-electron chi connectivity index (χ4n) is 2.99. The number of hydrogen-bond donors (Lipinski definition) is 2. The molecule has 152 valence electrons. The predicted molar refractivity (Wildman–Crippen MR) is 109 cm³/mol. The average Bonchev–Trinajstić information content (AvgIpc) is 3.52. The van der Waals surface area contributed by atoms with Crippen LogP contribution in [0.5, 0.6) is 5.75 Å². The molecule has 7 heteroatoms. The van der Waals surface area contributed by atoms with Crippen LogP contribution in [0.15, 0.2) is 48.5 Å². The number of anilines is 2. The number of ether oxygens (including phenoxy) is 2. The van der Waals surface area contributed by atoms with Crippen molar-refractivity contribution < 1.29 is 23.9 Å². The van der Waals surface area contributed by atoms with E-state index in [1.165, 1.54) is 0 Å². The van der Waals surface area contributed by atoms with Crippen LogP contribution in [-0.4, -0.2) is 31.0 Å². The minimum Gasteiger partial charge on any atom is -0.492 e. The maximum absolute atomic E-state index is 12.5. The summed E-state index contributed by atoms with van der Waals surface area (Å²) in [6, 6.07) is 13.7. The van der Waals surface area contributed by atoms with Gasteiger partial charge in [-0.15, -0.1) is 0 Å². The standard InChI is InChI=1S/C22H24N2O5/c1-3-28-19-8-6-5-7-18(19)24-21(26)17-13-16(17)20(25)23-15-11-9-14(10-12-15)22(27)29-4-2/h5-12,16-17H,3-4,13H2,1-2H3,(H,23,25)(H,24,26). The number of carbonyl (C=O) groups excluding carboxylic acids is 3. The van der Waals surface area contributed by atoms with E-state index in [0.717, 1.165) is 0 Å². The Hall–Kier alpha value is -3.35. The number of amides is 2. The third-order valence-electron chi connectivity index (χ3n) is 4.57. The van der Waals surface area contributed by atoms with Gasteiger partial charge in [0.15, 0.2) is 0 Å². The highest BCUT2D eigenvalue weighted by Gasteiger charge is 2.48. The molecule has 0 radical (unpaired) electrons. The van der Waals surface area contributed by atoms with Crippen LogP contribution >= 0.6 is 0 Å². The van der Waals surface area contributed by atoms with Gasteiger partial charge in [-0.1, -0.05) is 12.1 Å². The third kappa shape index (κ3) is 5.13. The maximum Gasteiger partial charge on any atom is 0.338 e. The highest BCUT2D eigenvalue weighted by atomic mass is 16.5. The Morgan fingerprint density at radius 2 is 1.55 bits per heavy atom. The maximum atomic E-state index is 12.5. The van der Waals surface area contributed by atoms with Crippen molar-refractivity contribution in [1.82, 2.24) is 0 Å². The molecule has 1 aliphatic carbocycles. The number of benzene rings is 2. The van der Waals surface area contributed by atoms with Gasteiger partial charge in [0, 0.05) is 5.69 Å². The lowest BCUT2D eigenvalue weighted by Crippen LogP contribution is -2.21. The molecule has 3 rings (SSSR count). The van der Waals surface area contributed by atoms with Gasteiger partial charge in [-0.3, -0.25) is 9.59 Å². The molecular weight excluding hydrogens is 372 g/mol. The summed E-state index contributed by atoms with van der Waals surface area (Å²) in [5, 5.41) is 5.63. The molecule has 2 atom stereocenters.